The molecule has 0 unspecified atom stereocenters. The van der Waals surface area contributed by atoms with E-state index in [1.807, 2.05) is 37.3 Å². The van der Waals surface area contributed by atoms with E-state index in [1.54, 1.807) is 0 Å². The number of carbonyl (C=O) groups excluding carboxylic acids is 1. The Kier molecular flexibility index (Phi) is 4.52. The van der Waals surface area contributed by atoms with Crippen molar-refractivity contribution < 1.29 is 14.3 Å². The molecular weight excluding hydrogens is 262 g/mol. The van der Waals surface area contributed by atoms with E-state index in [9.17, 15) is 4.79 Å². The molecule has 2 aromatic rings. The largest absolute Gasteiger partial charge is 0.487 e. The zero-order chi connectivity index (χ0) is 13.7. The predicted octanol–water partition coefficient (Wildman–Crippen LogP) is 2.75. The zero-order valence-corrected chi connectivity index (χ0v) is 11.7. The van der Waals surface area contributed by atoms with Gasteiger partial charge in [-0.1, -0.05) is 18.2 Å². The number of nitrogens with zero attached hydrogens (tertiary/aromatic N) is 1. The summed E-state index contributed by atoms with van der Waals surface area (Å²) in [6, 6.07) is 9.54. The van der Waals surface area contributed by atoms with Crippen LogP contribution in [-0.4, -0.2) is 18.1 Å². The van der Waals surface area contributed by atoms with Crippen molar-refractivity contribution in [2.24, 2.45) is 0 Å². The van der Waals surface area contributed by atoms with E-state index in [2.05, 4.69) is 9.72 Å². The van der Waals surface area contributed by atoms with Gasteiger partial charge in [0.2, 0.25) is 0 Å². The molecule has 0 fully saturated rings. The van der Waals surface area contributed by atoms with Crippen LogP contribution in [0.2, 0.25) is 0 Å². The minimum Gasteiger partial charge on any atom is -0.487 e. The fourth-order valence-electron chi connectivity index (χ4n) is 1.63. The molecular formula is C14H15NO3S. The Balaban J connectivity index is 2.05. The van der Waals surface area contributed by atoms with Gasteiger partial charge in [0.1, 0.15) is 12.4 Å². The monoisotopic (exact) mass is 277 g/mol. The Morgan fingerprint density at radius 3 is 2.74 bits per heavy atom. The smallest absolute Gasteiger partial charge is 0.310 e. The normalized spacial score (nSPS) is 10.2. The van der Waals surface area contributed by atoms with Crippen molar-refractivity contribution in [2.45, 2.75) is 20.0 Å². The molecule has 2 rings (SSSR count). The second-order valence-electron chi connectivity index (χ2n) is 3.96. The molecule has 1 aromatic heterocycles. The molecule has 0 aliphatic rings. The van der Waals surface area contributed by atoms with Crippen molar-refractivity contribution in [3.8, 4) is 5.75 Å². The molecule has 5 heteroatoms. The van der Waals surface area contributed by atoms with Gasteiger partial charge in [0.15, 0.2) is 0 Å². The molecule has 1 heterocycles. The molecule has 0 N–H and O–H groups in total. The standard InChI is InChI=1S/C14H15NO3S/c1-10-15-12(13(19-10)8-14(16)17-2)9-18-11-6-4-3-5-7-11/h3-7H,8-9H2,1-2H3. The number of benzene rings is 1. The first-order chi connectivity index (χ1) is 9.19. The molecule has 0 radical (unpaired) electrons. The van der Waals surface area contributed by atoms with Crippen LogP contribution in [0.3, 0.4) is 0 Å². The van der Waals surface area contributed by atoms with E-state index >= 15 is 0 Å². The molecule has 0 atom stereocenters. The van der Waals surface area contributed by atoms with Gasteiger partial charge in [0.05, 0.1) is 24.2 Å². The number of ether oxygens (including phenoxy) is 2. The van der Waals surface area contributed by atoms with Crippen LogP contribution in [0.5, 0.6) is 5.75 Å². The van der Waals surface area contributed by atoms with Crippen LogP contribution in [0.4, 0.5) is 0 Å². The summed E-state index contributed by atoms with van der Waals surface area (Å²) in [7, 11) is 1.39. The molecule has 0 saturated carbocycles. The maximum absolute atomic E-state index is 11.3. The van der Waals surface area contributed by atoms with Crippen molar-refractivity contribution in [1.82, 2.24) is 4.98 Å². The molecule has 4 nitrogen and oxygen atoms in total. The summed E-state index contributed by atoms with van der Waals surface area (Å²) in [5, 5.41) is 0.922. The summed E-state index contributed by atoms with van der Waals surface area (Å²) < 4.78 is 10.3. The number of thiazole rings is 1. The number of methoxy groups -OCH3 is 1. The lowest BCUT2D eigenvalue weighted by molar-refractivity contribution is -0.139. The van der Waals surface area contributed by atoms with E-state index in [-0.39, 0.29) is 12.4 Å². The van der Waals surface area contributed by atoms with Gasteiger partial charge in [0, 0.05) is 4.88 Å². The van der Waals surface area contributed by atoms with Crippen LogP contribution in [0.1, 0.15) is 15.6 Å². The minimum atomic E-state index is -0.260. The average molecular weight is 277 g/mol. The summed E-state index contributed by atoms with van der Waals surface area (Å²) in [6.45, 7) is 2.28. The second kappa shape index (κ2) is 6.33. The predicted molar refractivity (Wildman–Crippen MR) is 73.3 cm³/mol. The van der Waals surface area contributed by atoms with Crippen LogP contribution in [-0.2, 0) is 22.6 Å². The lowest BCUT2D eigenvalue weighted by Crippen LogP contribution is -2.06. The number of rotatable bonds is 5. The molecule has 1 aromatic carbocycles. The van der Waals surface area contributed by atoms with Crippen molar-refractivity contribution in [3.63, 3.8) is 0 Å². The molecule has 0 amide bonds. The van der Waals surface area contributed by atoms with E-state index in [1.165, 1.54) is 18.4 Å². The molecule has 0 aliphatic heterocycles. The highest BCUT2D eigenvalue weighted by atomic mass is 32.1. The van der Waals surface area contributed by atoms with E-state index in [4.69, 9.17) is 4.74 Å². The SMILES string of the molecule is COC(=O)Cc1sc(C)nc1COc1ccccc1. The number of aromatic nitrogens is 1. The Labute approximate surface area is 116 Å². The Morgan fingerprint density at radius 1 is 1.32 bits per heavy atom. The quantitative estimate of drug-likeness (QED) is 0.788. The van der Waals surface area contributed by atoms with Crippen molar-refractivity contribution in [1.29, 1.82) is 0 Å². The molecule has 0 bridgehead atoms. The number of hydrogen-bond donors (Lipinski definition) is 0. The van der Waals surface area contributed by atoms with Crippen molar-refractivity contribution in [2.75, 3.05) is 7.11 Å². The first-order valence-electron chi connectivity index (χ1n) is 5.89. The maximum atomic E-state index is 11.3. The summed E-state index contributed by atoms with van der Waals surface area (Å²) >= 11 is 1.50. The summed E-state index contributed by atoms with van der Waals surface area (Å²) in [5.41, 5.74) is 0.803. The minimum absolute atomic E-state index is 0.246. The number of hydrogen-bond acceptors (Lipinski definition) is 5. The summed E-state index contributed by atoms with van der Waals surface area (Å²) in [5.74, 6) is 0.529. The molecule has 0 saturated heterocycles. The van der Waals surface area contributed by atoms with Crippen LogP contribution in [0, 0.1) is 6.92 Å². The fraction of sp³-hybridized carbons (Fsp3) is 0.286. The molecule has 0 aliphatic carbocycles. The molecule has 0 spiro atoms. The lowest BCUT2D eigenvalue weighted by atomic mass is 10.3. The van der Waals surface area contributed by atoms with Crippen LogP contribution in [0.25, 0.3) is 0 Å². The third kappa shape index (κ3) is 3.79. The van der Waals surface area contributed by atoms with Gasteiger partial charge in [-0.05, 0) is 19.1 Å². The third-order valence-electron chi connectivity index (χ3n) is 2.54. The van der Waals surface area contributed by atoms with E-state index in [0.717, 1.165) is 21.3 Å². The highest BCUT2D eigenvalue weighted by Gasteiger charge is 2.13. The van der Waals surface area contributed by atoms with Gasteiger partial charge in [0.25, 0.3) is 0 Å². The van der Waals surface area contributed by atoms with Crippen LogP contribution >= 0.6 is 11.3 Å². The van der Waals surface area contributed by atoms with Gasteiger partial charge >= 0.3 is 5.97 Å². The van der Waals surface area contributed by atoms with E-state index in [0.29, 0.717) is 6.61 Å². The number of aryl methyl sites for hydroxylation is 1. The Hall–Kier alpha value is -1.88. The zero-order valence-electron chi connectivity index (χ0n) is 10.9. The number of para-hydroxylation sites is 1. The molecule has 19 heavy (non-hydrogen) atoms. The fourth-order valence-corrected chi connectivity index (χ4v) is 2.56. The Bertz CT molecular complexity index is 551. The van der Waals surface area contributed by atoms with Gasteiger partial charge in [-0.25, -0.2) is 4.98 Å². The second-order valence-corrected chi connectivity index (χ2v) is 5.25. The van der Waals surface area contributed by atoms with Crippen molar-refractivity contribution in [3.05, 3.63) is 45.9 Å². The van der Waals surface area contributed by atoms with Gasteiger partial charge in [-0.3, -0.25) is 4.79 Å². The van der Waals surface area contributed by atoms with Gasteiger partial charge in [-0.15, -0.1) is 11.3 Å². The highest BCUT2D eigenvalue weighted by molar-refractivity contribution is 7.11. The van der Waals surface area contributed by atoms with Gasteiger partial charge < -0.3 is 9.47 Å². The first kappa shape index (κ1) is 13.5. The first-order valence-corrected chi connectivity index (χ1v) is 6.70. The summed E-state index contributed by atoms with van der Waals surface area (Å²) in [4.78, 5) is 16.6. The third-order valence-corrected chi connectivity index (χ3v) is 3.55. The summed E-state index contributed by atoms with van der Waals surface area (Å²) in [6.07, 6.45) is 0.246. The molecule has 100 valence electrons. The lowest BCUT2D eigenvalue weighted by Gasteiger charge is -2.05. The topological polar surface area (TPSA) is 48.4 Å². The average Bonchev–Trinajstić information content (AvgIpc) is 2.77. The highest BCUT2D eigenvalue weighted by Crippen LogP contribution is 2.21. The number of carbonyl (C=O) groups is 1. The number of esters is 1. The Morgan fingerprint density at radius 2 is 2.05 bits per heavy atom. The van der Waals surface area contributed by atoms with Crippen LogP contribution in [0.15, 0.2) is 30.3 Å². The van der Waals surface area contributed by atoms with Crippen LogP contribution < -0.4 is 4.74 Å². The van der Waals surface area contributed by atoms with Gasteiger partial charge in [-0.2, -0.15) is 0 Å². The van der Waals surface area contributed by atoms with Crippen molar-refractivity contribution >= 4 is 17.3 Å². The van der Waals surface area contributed by atoms with E-state index < -0.39 is 0 Å². The maximum Gasteiger partial charge on any atom is 0.310 e.